The van der Waals surface area contributed by atoms with E-state index in [0.29, 0.717) is 0 Å². The largest absolute Gasteiger partial charge is 0.0616 e. The van der Waals surface area contributed by atoms with E-state index in [-0.39, 0.29) is 0 Å². The molecule has 13 heavy (non-hydrogen) atoms. The van der Waals surface area contributed by atoms with Gasteiger partial charge in [0.2, 0.25) is 0 Å². The van der Waals surface area contributed by atoms with Gasteiger partial charge in [-0.2, -0.15) is 0 Å². The van der Waals surface area contributed by atoms with Gasteiger partial charge in [0.1, 0.15) is 0 Å². The second kappa shape index (κ2) is 3.61. The lowest BCUT2D eigenvalue weighted by Gasteiger charge is -2.03. The number of aryl methyl sites for hydroxylation is 1. The lowest BCUT2D eigenvalue weighted by Crippen LogP contribution is -1.84. The summed E-state index contributed by atoms with van der Waals surface area (Å²) in [5, 5.41) is 2.70. The molecule has 0 aromatic heterocycles. The first-order valence-corrected chi connectivity index (χ1v) is 4.67. The molecule has 0 aliphatic rings. The molecule has 0 spiro atoms. The average molecular weight is 169 g/mol. The van der Waals surface area contributed by atoms with Crippen molar-refractivity contribution >= 4 is 10.8 Å². The summed E-state index contributed by atoms with van der Waals surface area (Å²) in [6, 6.07) is 15.0. The van der Waals surface area contributed by atoms with Crippen LogP contribution in [0.25, 0.3) is 10.8 Å². The van der Waals surface area contributed by atoms with Crippen LogP contribution in [0, 0.1) is 6.92 Å². The molecule has 0 heterocycles. The molecule has 0 aliphatic heterocycles. The third kappa shape index (κ3) is 1.57. The number of benzene rings is 2. The molecule has 0 saturated carbocycles. The normalized spacial score (nSPS) is 10.5. The highest BCUT2D eigenvalue weighted by Crippen LogP contribution is 2.19. The molecular formula is C13H13. The number of rotatable bonds is 2. The summed E-state index contributed by atoms with van der Waals surface area (Å²) in [7, 11) is 0. The van der Waals surface area contributed by atoms with Gasteiger partial charge in [-0.3, -0.25) is 0 Å². The van der Waals surface area contributed by atoms with Crippen molar-refractivity contribution in [2.45, 2.75) is 12.8 Å². The average Bonchev–Trinajstić information content (AvgIpc) is 2.19. The Hall–Kier alpha value is -1.30. The standard InChI is InChI=1S/C13H13/c1-2-6-11-8-5-9-12-7-3-4-10-13(11)12/h3-5,7-10H,1-2,6H2. The minimum Gasteiger partial charge on any atom is -0.0616 e. The first-order valence-electron chi connectivity index (χ1n) is 4.67. The SMILES string of the molecule is [CH2]CCc1cccc2ccccc12. The van der Waals surface area contributed by atoms with Crippen molar-refractivity contribution in [1.29, 1.82) is 0 Å². The van der Waals surface area contributed by atoms with E-state index in [2.05, 4.69) is 49.4 Å². The van der Waals surface area contributed by atoms with Crippen molar-refractivity contribution in [1.82, 2.24) is 0 Å². The van der Waals surface area contributed by atoms with E-state index in [1.165, 1.54) is 16.3 Å². The minimum atomic E-state index is 0.966. The van der Waals surface area contributed by atoms with Crippen LogP contribution in [0.1, 0.15) is 12.0 Å². The summed E-state index contributed by atoms with van der Waals surface area (Å²) in [6.45, 7) is 3.89. The van der Waals surface area contributed by atoms with Crippen molar-refractivity contribution in [3.8, 4) is 0 Å². The molecule has 2 rings (SSSR count). The van der Waals surface area contributed by atoms with Gasteiger partial charge >= 0.3 is 0 Å². The summed E-state index contributed by atoms with van der Waals surface area (Å²) >= 11 is 0. The number of fused-ring (bicyclic) bond motifs is 1. The third-order valence-electron chi connectivity index (χ3n) is 2.33. The highest BCUT2D eigenvalue weighted by Gasteiger charge is 1.97. The van der Waals surface area contributed by atoms with E-state index in [1.807, 2.05) is 0 Å². The summed E-state index contributed by atoms with van der Waals surface area (Å²) in [4.78, 5) is 0. The minimum absolute atomic E-state index is 0.966. The molecule has 0 nitrogen and oxygen atoms in total. The molecule has 0 fully saturated rings. The number of hydrogen-bond acceptors (Lipinski definition) is 0. The van der Waals surface area contributed by atoms with Crippen molar-refractivity contribution in [2.24, 2.45) is 0 Å². The molecule has 0 aliphatic carbocycles. The van der Waals surface area contributed by atoms with Crippen LogP contribution in [0.2, 0.25) is 0 Å². The zero-order valence-electron chi connectivity index (χ0n) is 7.66. The Labute approximate surface area is 79.2 Å². The van der Waals surface area contributed by atoms with E-state index in [4.69, 9.17) is 0 Å². The van der Waals surface area contributed by atoms with Gasteiger partial charge < -0.3 is 0 Å². The smallest absolute Gasteiger partial charge is 0.0152 e. The molecule has 0 heteroatoms. The topological polar surface area (TPSA) is 0 Å². The van der Waals surface area contributed by atoms with Crippen molar-refractivity contribution in [3.63, 3.8) is 0 Å². The fraction of sp³-hybridized carbons (Fsp3) is 0.154. The highest BCUT2D eigenvalue weighted by molar-refractivity contribution is 5.85. The summed E-state index contributed by atoms with van der Waals surface area (Å²) in [5.74, 6) is 0. The zero-order chi connectivity index (χ0) is 9.10. The first-order chi connectivity index (χ1) is 6.42. The van der Waals surface area contributed by atoms with Gasteiger partial charge in [0.05, 0.1) is 0 Å². The van der Waals surface area contributed by atoms with Gasteiger partial charge in [-0.05, 0) is 29.2 Å². The van der Waals surface area contributed by atoms with Crippen LogP contribution in [-0.2, 0) is 6.42 Å². The predicted molar refractivity (Wildman–Crippen MR) is 57.6 cm³/mol. The van der Waals surface area contributed by atoms with E-state index in [1.54, 1.807) is 0 Å². The van der Waals surface area contributed by atoms with E-state index >= 15 is 0 Å². The van der Waals surface area contributed by atoms with Crippen molar-refractivity contribution in [2.75, 3.05) is 0 Å². The van der Waals surface area contributed by atoms with Crippen LogP contribution in [0.4, 0.5) is 0 Å². The predicted octanol–water partition coefficient (Wildman–Crippen LogP) is 3.61. The van der Waals surface area contributed by atoms with Crippen LogP contribution in [-0.4, -0.2) is 0 Å². The summed E-state index contributed by atoms with van der Waals surface area (Å²) in [5.41, 5.74) is 1.41. The fourth-order valence-corrected chi connectivity index (χ4v) is 1.70. The maximum Gasteiger partial charge on any atom is -0.0152 e. The molecule has 65 valence electrons. The fourth-order valence-electron chi connectivity index (χ4n) is 1.70. The molecule has 0 unspecified atom stereocenters. The van der Waals surface area contributed by atoms with Gasteiger partial charge in [0.25, 0.3) is 0 Å². The Morgan fingerprint density at radius 3 is 2.54 bits per heavy atom. The molecule has 0 amide bonds. The Morgan fingerprint density at radius 1 is 0.923 bits per heavy atom. The Bertz CT molecular complexity index is 396. The van der Waals surface area contributed by atoms with Crippen LogP contribution in [0.15, 0.2) is 42.5 Å². The van der Waals surface area contributed by atoms with Crippen molar-refractivity contribution in [3.05, 3.63) is 55.0 Å². The summed E-state index contributed by atoms with van der Waals surface area (Å²) in [6.07, 6.45) is 2.04. The van der Waals surface area contributed by atoms with Gasteiger partial charge in [0, 0.05) is 0 Å². The first kappa shape index (κ1) is 8.31. The Kier molecular flexibility index (Phi) is 2.31. The lowest BCUT2D eigenvalue weighted by molar-refractivity contribution is 1.01. The van der Waals surface area contributed by atoms with Crippen LogP contribution >= 0.6 is 0 Å². The van der Waals surface area contributed by atoms with Gasteiger partial charge in [-0.25, -0.2) is 0 Å². The molecule has 1 radical (unpaired) electrons. The third-order valence-corrected chi connectivity index (χ3v) is 2.33. The quantitative estimate of drug-likeness (QED) is 0.644. The number of hydrogen-bond donors (Lipinski definition) is 0. The molecular weight excluding hydrogens is 156 g/mol. The van der Waals surface area contributed by atoms with E-state index in [0.717, 1.165) is 12.8 Å². The van der Waals surface area contributed by atoms with Crippen LogP contribution in [0.3, 0.4) is 0 Å². The molecule has 0 atom stereocenters. The molecule has 0 N–H and O–H groups in total. The van der Waals surface area contributed by atoms with Gasteiger partial charge in [0.15, 0.2) is 0 Å². The second-order valence-electron chi connectivity index (χ2n) is 3.24. The zero-order valence-corrected chi connectivity index (χ0v) is 7.66. The summed E-state index contributed by atoms with van der Waals surface area (Å²) < 4.78 is 0. The van der Waals surface area contributed by atoms with Crippen LogP contribution in [0.5, 0.6) is 0 Å². The van der Waals surface area contributed by atoms with Gasteiger partial charge in [-0.1, -0.05) is 49.4 Å². The van der Waals surface area contributed by atoms with Crippen LogP contribution < -0.4 is 0 Å². The van der Waals surface area contributed by atoms with Crippen molar-refractivity contribution < 1.29 is 0 Å². The lowest BCUT2D eigenvalue weighted by atomic mass is 10.0. The molecule has 0 saturated heterocycles. The highest BCUT2D eigenvalue weighted by atomic mass is 14.0. The molecule has 0 bridgehead atoms. The maximum atomic E-state index is 3.89. The van der Waals surface area contributed by atoms with E-state index < -0.39 is 0 Å². The Balaban J connectivity index is 2.61. The maximum absolute atomic E-state index is 3.89. The van der Waals surface area contributed by atoms with E-state index in [9.17, 15) is 0 Å². The monoisotopic (exact) mass is 169 g/mol. The van der Waals surface area contributed by atoms with Gasteiger partial charge in [-0.15, -0.1) is 0 Å². The Morgan fingerprint density at radius 2 is 1.69 bits per heavy atom. The molecule has 2 aromatic rings. The second-order valence-corrected chi connectivity index (χ2v) is 3.24. The molecule has 2 aromatic carbocycles.